The van der Waals surface area contributed by atoms with Crippen LogP contribution < -0.4 is 22.1 Å². The zero-order chi connectivity index (χ0) is 23.6. The van der Waals surface area contributed by atoms with Crippen molar-refractivity contribution in [3.8, 4) is 0 Å². The van der Waals surface area contributed by atoms with Gasteiger partial charge in [-0.1, -0.05) is 0 Å². The van der Waals surface area contributed by atoms with Crippen molar-refractivity contribution in [1.29, 1.82) is 0 Å². The van der Waals surface area contributed by atoms with Crippen molar-refractivity contribution in [3.05, 3.63) is 0 Å². The largest absolute Gasteiger partial charge is 0.480 e. The summed E-state index contributed by atoms with van der Waals surface area (Å²) in [5.41, 5.74) is 10.7. The van der Waals surface area contributed by atoms with Crippen LogP contribution in [0.3, 0.4) is 0 Å². The molecule has 0 saturated carbocycles. The normalized spacial score (nSPS) is 18.7. The Morgan fingerprint density at radius 3 is 2.39 bits per heavy atom. The summed E-state index contributed by atoms with van der Waals surface area (Å²) < 4.78 is 0. The number of carboxylic acids is 1. The maximum atomic E-state index is 12.8. The van der Waals surface area contributed by atoms with Crippen LogP contribution in [0.2, 0.25) is 0 Å². The zero-order valence-corrected chi connectivity index (χ0v) is 18.2. The predicted molar refractivity (Wildman–Crippen MR) is 113 cm³/mol. The van der Waals surface area contributed by atoms with Crippen LogP contribution >= 0.6 is 11.8 Å². The lowest BCUT2D eigenvalue weighted by molar-refractivity contribution is -0.145. The first-order chi connectivity index (χ1) is 14.6. The van der Waals surface area contributed by atoms with Crippen LogP contribution in [0.15, 0.2) is 0 Å². The highest BCUT2D eigenvalue weighted by Crippen LogP contribution is 2.19. The molecule has 4 atom stereocenters. The first kappa shape index (κ1) is 26.7. The minimum Gasteiger partial charge on any atom is -0.480 e. The van der Waals surface area contributed by atoms with Gasteiger partial charge in [0, 0.05) is 13.0 Å². The second kappa shape index (κ2) is 13.1. The molecule has 31 heavy (non-hydrogen) atoms. The van der Waals surface area contributed by atoms with E-state index in [0.717, 1.165) is 0 Å². The highest BCUT2D eigenvalue weighted by Gasteiger charge is 2.38. The van der Waals surface area contributed by atoms with Gasteiger partial charge in [0.25, 0.3) is 0 Å². The number of nitrogens with two attached hydrogens (primary N) is 2. The van der Waals surface area contributed by atoms with E-state index in [1.54, 1.807) is 0 Å². The molecule has 0 radical (unpaired) electrons. The maximum Gasteiger partial charge on any atom is 0.326 e. The summed E-state index contributed by atoms with van der Waals surface area (Å²) in [6.07, 6.45) is 2.77. The lowest BCUT2D eigenvalue weighted by Gasteiger charge is -2.29. The molecule has 4 unspecified atom stereocenters. The van der Waals surface area contributed by atoms with Crippen molar-refractivity contribution in [2.24, 2.45) is 11.5 Å². The molecule has 0 aromatic heterocycles. The van der Waals surface area contributed by atoms with E-state index >= 15 is 0 Å². The molecule has 0 spiro atoms. The molecular formula is C18H31N5O7S. The van der Waals surface area contributed by atoms with Crippen molar-refractivity contribution in [1.82, 2.24) is 15.5 Å². The number of aliphatic hydroxyl groups is 1. The minimum absolute atomic E-state index is 0.0190. The van der Waals surface area contributed by atoms with Crippen molar-refractivity contribution in [2.45, 2.75) is 56.3 Å². The summed E-state index contributed by atoms with van der Waals surface area (Å²) in [5, 5.41) is 23.7. The molecule has 0 aliphatic carbocycles. The van der Waals surface area contributed by atoms with Crippen molar-refractivity contribution in [2.75, 3.05) is 25.2 Å². The van der Waals surface area contributed by atoms with Crippen LogP contribution in [0.25, 0.3) is 0 Å². The predicted octanol–water partition coefficient (Wildman–Crippen LogP) is -2.63. The number of amides is 4. The number of hydrogen-bond acceptors (Lipinski definition) is 8. The van der Waals surface area contributed by atoms with Gasteiger partial charge in [-0.25, -0.2) is 4.79 Å². The number of hydrogen-bond donors (Lipinski definition) is 6. The Morgan fingerprint density at radius 2 is 1.84 bits per heavy atom. The Hall–Kier alpha value is -2.38. The lowest BCUT2D eigenvalue weighted by Crippen LogP contribution is -2.57. The number of primary amides is 1. The Kier molecular flexibility index (Phi) is 11.3. The molecule has 0 bridgehead atoms. The molecule has 12 nitrogen and oxygen atoms in total. The molecule has 176 valence electrons. The van der Waals surface area contributed by atoms with Crippen molar-refractivity contribution in [3.63, 3.8) is 0 Å². The molecular weight excluding hydrogens is 430 g/mol. The number of thioether (sulfide) groups is 1. The molecule has 1 heterocycles. The molecule has 1 saturated heterocycles. The monoisotopic (exact) mass is 461 g/mol. The third-order valence-corrected chi connectivity index (χ3v) is 5.54. The minimum atomic E-state index is -1.33. The van der Waals surface area contributed by atoms with E-state index in [-0.39, 0.29) is 25.8 Å². The number of carbonyl (C=O) groups excluding carboxylic acids is 4. The van der Waals surface area contributed by atoms with Crippen LogP contribution in [0.1, 0.15) is 32.1 Å². The Labute approximate surface area is 184 Å². The third-order valence-electron chi connectivity index (χ3n) is 4.90. The molecule has 1 fully saturated rings. The average molecular weight is 462 g/mol. The molecule has 4 amide bonds. The smallest absolute Gasteiger partial charge is 0.326 e. The molecule has 1 rings (SSSR count). The van der Waals surface area contributed by atoms with Gasteiger partial charge in [-0.05, 0) is 37.7 Å². The lowest BCUT2D eigenvalue weighted by atomic mass is 10.1. The van der Waals surface area contributed by atoms with Crippen LogP contribution in [0.4, 0.5) is 0 Å². The van der Waals surface area contributed by atoms with Crippen LogP contribution in [-0.2, 0) is 24.0 Å². The third kappa shape index (κ3) is 8.34. The van der Waals surface area contributed by atoms with E-state index < -0.39 is 60.4 Å². The van der Waals surface area contributed by atoms with Gasteiger partial charge in [-0.2, -0.15) is 11.8 Å². The van der Waals surface area contributed by atoms with Gasteiger partial charge >= 0.3 is 5.97 Å². The van der Waals surface area contributed by atoms with Gasteiger partial charge in [0.15, 0.2) is 0 Å². The van der Waals surface area contributed by atoms with E-state index in [0.29, 0.717) is 18.6 Å². The Balaban J connectivity index is 2.77. The van der Waals surface area contributed by atoms with E-state index in [1.807, 2.05) is 6.26 Å². The van der Waals surface area contributed by atoms with Crippen LogP contribution in [-0.4, -0.2) is 94.0 Å². The van der Waals surface area contributed by atoms with Crippen LogP contribution in [0.5, 0.6) is 0 Å². The number of aliphatic hydroxyl groups excluding tert-OH is 1. The van der Waals surface area contributed by atoms with Gasteiger partial charge < -0.3 is 37.2 Å². The summed E-state index contributed by atoms with van der Waals surface area (Å²) in [4.78, 5) is 61.1. The van der Waals surface area contributed by atoms with Gasteiger partial charge in [-0.3, -0.25) is 19.2 Å². The summed E-state index contributed by atoms with van der Waals surface area (Å²) >= 11 is 1.45. The second-order valence-electron chi connectivity index (χ2n) is 7.23. The van der Waals surface area contributed by atoms with Gasteiger partial charge in [0.2, 0.25) is 23.6 Å². The van der Waals surface area contributed by atoms with Crippen molar-refractivity contribution >= 4 is 41.4 Å². The van der Waals surface area contributed by atoms with Gasteiger partial charge in [0.1, 0.15) is 18.1 Å². The molecule has 1 aliphatic rings. The SMILES string of the molecule is CSCCC(NC(=O)C1CCCN1C(=O)C(CO)NC(=O)C(N)CCC(N)=O)C(=O)O. The number of carboxylic acid groups (broad SMARTS) is 1. The summed E-state index contributed by atoms with van der Waals surface area (Å²) in [7, 11) is 0. The average Bonchev–Trinajstić information content (AvgIpc) is 3.22. The first-order valence-electron chi connectivity index (χ1n) is 9.90. The number of likely N-dealkylation sites (tertiary alicyclic amines) is 1. The standard InChI is InChI=1S/C18H31N5O7S/c1-31-8-6-11(18(29)30)21-16(27)13-3-2-7-23(13)17(28)12(9-24)22-15(26)10(19)4-5-14(20)25/h10-13,24H,2-9,19H2,1H3,(H2,20,25)(H,21,27)(H,22,26)(H,29,30). The molecule has 0 aromatic carbocycles. The molecule has 0 aromatic rings. The first-order valence-corrected chi connectivity index (χ1v) is 11.3. The number of nitrogens with one attached hydrogen (secondary N) is 2. The summed E-state index contributed by atoms with van der Waals surface area (Å²) in [6, 6.07) is -4.40. The Bertz CT molecular complexity index is 678. The number of nitrogens with zero attached hydrogens (tertiary/aromatic N) is 1. The number of aliphatic carboxylic acids is 1. The number of rotatable bonds is 13. The zero-order valence-electron chi connectivity index (χ0n) is 17.4. The van der Waals surface area contributed by atoms with E-state index in [9.17, 15) is 34.2 Å². The fourth-order valence-electron chi connectivity index (χ4n) is 3.16. The molecule has 13 heteroatoms. The highest BCUT2D eigenvalue weighted by atomic mass is 32.2. The highest BCUT2D eigenvalue weighted by molar-refractivity contribution is 7.98. The maximum absolute atomic E-state index is 12.8. The van der Waals surface area contributed by atoms with Crippen LogP contribution in [0, 0.1) is 0 Å². The van der Waals surface area contributed by atoms with E-state index in [2.05, 4.69) is 10.6 Å². The van der Waals surface area contributed by atoms with Gasteiger partial charge in [0.05, 0.1) is 12.6 Å². The molecule has 8 N–H and O–H groups in total. The van der Waals surface area contributed by atoms with Crippen molar-refractivity contribution < 1.29 is 34.2 Å². The van der Waals surface area contributed by atoms with E-state index in [1.165, 1.54) is 16.7 Å². The second-order valence-corrected chi connectivity index (χ2v) is 8.21. The fourth-order valence-corrected chi connectivity index (χ4v) is 3.63. The fraction of sp³-hybridized carbons (Fsp3) is 0.722. The topological polar surface area (TPSA) is 205 Å². The van der Waals surface area contributed by atoms with E-state index in [4.69, 9.17) is 11.5 Å². The molecule has 1 aliphatic heterocycles. The number of carbonyl (C=O) groups is 5. The Morgan fingerprint density at radius 1 is 1.16 bits per heavy atom. The summed E-state index contributed by atoms with van der Waals surface area (Å²) in [6.45, 7) is -0.497. The summed E-state index contributed by atoms with van der Waals surface area (Å²) in [5.74, 6) is -3.26. The van der Waals surface area contributed by atoms with Gasteiger partial charge in [-0.15, -0.1) is 0 Å². The quantitative estimate of drug-likeness (QED) is 0.169.